The Bertz CT molecular complexity index is 1440. The molecule has 0 atom stereocenters. The third-order valence-corrected chi connectivity index (χ3v) is 5.25. The van der Waals surface area contributed by atoms with Crippen molar-refractivity contribution in [1.29, 1.82) is 0 Å². The molecule has 0 aliphatic carbocycles. The number of fused-ring (bicyclic) bond motifs is 1. The van der Waals surface area contributed by atoms with Gasteiger partial charge in [-0.1, -0.05) is 11.8 Å². The molecule has 0 aliphatic heterocycles. The molecule has 36 heavy (non-hydrogen) atoms. The Kier molecular flexibility index (Phi) is 7.73. The van der Waals surface area contributed by atoms with E-state index in [4.69, 9.17) is 4.74 Å². The minimum atomic E-state index is -0.0602. The van der Waals surface area contributed by atoms with Gasteiger partial charge >= 0.3 is 0 Å². The number of benzene rings is 2. The molecule has 0 aliphatic rings. The van der Waals surface area contributed by atoms with E-state index in [-0.39, 0.29) is 12.5 Å². The number of rotatable bonds is 7. The Morgan fingerprint density at radius 2 is 1.89 bits per heavy atom. The summed E-state index contributed by atoms with van der Waals surface area (Å²) in [6.45, 7) is 4.55. The maximum atomic E-state index is 11.8. The first kappa shape index (κ1) is 24.6. The highest BCUT2D eigenvalue weighted by Crippen LogP contribution is 2.29. The first-order valence-electron chi connectivity index (χ1n) is 11.5. The Morgan fingerprint density at radius 3 is 2.64 bits per heavy atom. The van der Waals surface area contributed by atoms with Gasteiger partial charge in [0.2, 0.25) is 5.91 Å². The predicted octanol–water partition coefficient (Wildman–Crippen LogP) is 4.21. The Labute approximate surface area is 210 Å². The fourth-order valence-electron chi connectivity index (χ4n) is 3.49. The molecule has 2 N–H and O–H groups in total. The summed E-state index contributed by atoms with van der Waals surface area (Å²) in [5.74, 6) is 8.16. The summed E-state index contributed by atoms with van der Waals surface area (Å²) in [5.41, 5.74) is 4.41. The lowest BCUT2D eigenvalue weighted by Gasteiger charge is -2.12. The number of carbonyl (C=O) groups is 1. The van der Waals surface area contributed by atoms with Crippen molar-refractivity contribution in [1.82, 2.24) is 25.2 Å². The molecule has 0 saturated carbocycles. The molecular formula is C28H28N6O2. The highest BCUT2D eigenvalue weighted by molar-refractivity contribution is 5.91. The number of aryl methyl sites for hydroxylation is 2. The Hall–Kier alpha value is -4.48. The SMILES string of the molecule is Cc1ccc(Oc2ccc(Nc3ncnc4ccc(C#CCNC(=O)CN(C)C)cc34)cc2C)cn1. The van der Waals surface area contributed by atoms with Crippen LogP contribution in [0.2, 0.25) is 0 Å². The molecule has 4 aromatic rings. The maximum absolute atomic E-state index is 11.8. The van der Waals surface area contributed by atoms with E-state index in [9.17, 15) is 4.79 Å². The summed E-state index contributed by atoms with van der Waals surface area (Å²) in [6, 6.07) is 15.4. The molecule has 2 aromatic carbocycles. The molecule has 2 heterocycles. The van der Waals surface area contributed by atoms with Crippen LogP contribution in [-0.4, -0.2) is 52.9 Å². The molecule has 2 aromatic heterocycles. The van der Waals surface area contributed by atoms with Crippen LogP contribution in [0.4, 0.5) is 11.5 Å². The normalized spacial score (nSPS) is 10.6. The standard InChI is InChI=1S/C28H28N6O2/c1-19-14-22(9-12-26(19)36-23-10-7-20(2)30-16-23)33-28-24-15-21(8-11-25(24)31-18-32-28)6-5-13-29-27(35)17-34(3)4/h7-12,14-16,18H,13,17H2,1-4H3,(H,29,35)(H,31,32,33). The number of pyridine rings is 1. The summed E-state index contributed by atoms with van der Waals surface area (Å²) in [5, 5.41) is 7.02. The van der Waals surface area contributed by atoms with Crippen LogP contribution < -0.4 is 15.4 Å². The van der Waals surface area contributed by atoms with Crippen molar-refractivity contribution in [2.75, 3.05) is 32.5 Å². The van der Waals surface area contributed by atoms with Crippen LogP contribution in [-0.2, 0) is 4.79 Å². The first-order chi connectivity index (χ1) is 17.4. The van der Waals surface area contributed by atoms with Gasteiger partial charge in [0.25, 0.3) is 0 Å². The number of nitrogens with one attached hydrogen (secondary N) is 2. The quantitative estimate of drug-likeness (QED) is 0.383. The van der Waals surface area contributed by atoms with Gasteiger partial charge in [0, 0.05) is 22.3 Å². The molecule has 1 amide bonds. The van der Waals surface area contributed by atoms with Gasteiger partial charge in [0.05, 0.1) is 24.8 Å². The zero-order valence-corrected chi connectivity index (χ0v) is 20.8. The molecule has 0 saturated heterocycles. The number of amides is 1. The van der Waals surface area contributed by atoms with Gasteiger partial charge in [0.15, 0.2) is 0 Å². The van der Waals surface area contributed by atoms with Crippen molar-refractivity contribution in [3.63, 3.8) is 0 Å². The van der Waals surface area contributed by atoms with Crippen LogP contribution >= 0.6 is 0 Å². The summed E-state index contributed by atoms with van der Waals surface area (Å²) in [6.07, 6.45) is 3.25. The zero-order valence-electron chi connectivity index (χ0n) is 20.8. The van der Waals surface area contributed by atoms with Crippen molar-refractivity contribution in [3.05, 3.63) is 77.9 Å². The second-order valence-corrected chi connectivity index (χ2v) is 8.61. The third kappa shape index (κ3) is 6.56. The predicted molar refractivity (Wildman–Crippen MR) is 141 cm³/mol. The van der Waals surface area contributed by atoms with Crippen LogP contribution in [0.15, 0.2) is 61.1 Å². The lowest BCUT2D eigenvalue weighted by molar-refractivity contribution is -0.121. The lowest BCUT2D eigenvalue weighted by atomic mass is 10.1. The highest BCUT2D eigenvalue weighted by Gasteiger charge is 2.08. The molecular weight excluding hydrogens is 452 g/mol. The van der Waals surface area contributed by atoms with Gasteiger partial charge in [0.1, 0.15) is 23.6 Å². The van der Waals surface area contributed by atoms with Crippen molar-refractivity contribution in [2.45, 2.75) is 13.8 Å². The van der Waals surface area contributed by atoms with E-state index in [1.807, 2.05) is 81.4 Å². The third-order valence-electron chi connectivity index (χ3n) is 5.25. The number of ether oxygens (including phenoxy) is 1. The number of nitrogens with zero attached hydrogens (tertiary/aromatic N) is 4. The molecule has 0 fully saturated rings. The van der Waals surface area contributed by atoms with Gasteiger partial charge in [-0.3, -0.25) is 9.78 Å². The molecule has 0 radical (unpaired) electrons. The number of hydrogen-bond donors (Lipinski definition) is 2. The zero-order chi connectivity index (χ0) is 25.5. The summed E-state index contributed by atoms with van der Waals surface area (Å²) >= 11 is 0. The van der Waals surface area contributed by atoms with Crippen molar-refractivity contribution < 1.29 is 9.53 Å². The van der Waals surface area contributed by atoms with Gasteiger partial charge < -0.3 is 20.3 Å². The molecule has 8 heteroatoms. The van der Waals surface area contributed by atoms with Crippen LogP contribution in [0.5, 0.6) is 11.5 Å². The minimum absolute atomic E-state index is 0.0602. The average Bonchev–Trinajstić information content (AvgIpc) is 2.85. The second kappa shape index (κ2) is 11.3. The van der Waals surface area contributed by atoms with Gasteiger partial charge in [-0.2, -0.15) is 0 Å². The van der Waals surface area contributed by atoms with Crippen LogP contribution in [0, 0.1) is 25.7 Å². The molecule has 0 unspecified atom stereocenters. The van der Waals surface area contributed by atoms with E-state index in [0.717, 1.165) is 39.2 Å². The number of aromatic nitrogens is 3. The Morgan fingerprint density at radius 1 is 1.03 bits per heavy atom. The number of anilines is 2. The smallest absolute Gasteiger partial charge is 0.234 e. The summed E-state index contributed by atoms with van der Waals surface area (Å²) < 4.78 is 5.98. The lowest BCUT2D eigenvalue weighted by Crippen LogP contribution is -2.33. The van der Waals surface area contributed by atoms with Crippen LogP contribution in [0.25, 0.3) is 10.9 Å². The second-order valence-electron chi connectivity index (χ2n) is 8.61. The van der Waals surface area contributed by atoms with Crippen LogP contribution in [0.3, 0.4) is 0 Å². The van der Waals surface area contributed by atoms with Crippen LogP contribution in [0.1, 0.15) is 16.8 Å². The average molecular weight is 481 g/mol. The summed E-state index contributed by atoms with van der Waals surface area (Å²) in [7, 11) is 3.70. The van der Waals surface area contributed by atoms with Gasteiger partial charge in [-0.15, -0.1) is 0 Å². The minimum Gasteiger partial charge on any atom is -0.455 e. The van der Waals surface area contributed by atoms with Gasteiger partial charge in [-0.05, 0) is 82.0 Å². The number of carbonyl (C=O) groups excluding carboxylic acids is 1. The van der Waals surface area contributed by atoms with E-state index >= 15 is 0 Å². The fraction of sp³-hybridized carbons (Fsp3) is 0.214. The van der Waals surface area contributed by atoms with E-state index < -0.39 is 0 Å². The fourth-order valence-corrected chi connectivity index (χ4v) is 3.49. The molecule has 0 bridgehead atoms. The molecule has 8 nitrogen and oxygen atoms in total. The molecule has 182 valence electrons. The number of hydrogen-bond acceptors (Lipinski definition) is 7. The molecule has 4 rings (SSSR count). The molecule has 0 spiro atoms. The highest BCUT2D eigenvalue weighted by atomic mass is 16.5. The van der Waals surface area contributed by atoms with E-state index in [1.165, 1.54) is 6.33 Å². The monoisotopic (exact) mass is 480 g/mol. The van der Waals surface area contributed by atoms with Crippen molar-refractivity contribution in [3.8, 4) is 23.3 Å². The van der Waals surface area contributed by atoms with Crippen molar-refractivity contribution >= 4 is 28.3 Å². The number of likely N-dealkylation sites (N-methyl/N-ethyl adjacent to an activating group) is 1. The maximum Gasteiger partial charge on any atom is 0.234 e. The van der Waals surface area contributed by atoms with E-state index in [1.54, 1.807) is 6.20 Å². The largest absolute Gasteiger partial charge is 0.455 e. The topological polar surface area (TPSA) is 92.3 Å². The van der Waals surface area contributed by atoms with E-state index in [2.05, 4.69) is 37.4 Å². The van der Waals surface area contributed by atoms with Gasteiger partial charge in [-0.25, -0.2) is 9.97 Å². The Balaban J connectivity index is 1.49. The van der Waals surface area contributed by atoms with E-state index in [0.29, 0.717) is 18.1 Å². The summed E-state index contributed by atoms with van der Waals surface area (Å²) in [4.78, 5) is 26.7. The van der Waals surface area contributed by atoms with Crippen molar-refractivity contribution in [2.24, 2.45) is 0 Å². The first-order valence-corrected chi connectivity index (χ1v) is 11.5.